The van der Waals surface area contributed by atoms with Gasteiger partial charge >= 0.3 is 0 Å². The minimum Gasteiger partial charge on any atom is -0.497 e. The minimum atomic E-state index is -0.346. The van der Waals surface area contributed by atoms with Crippen LogP contribution in [0.4, 0.5) is 10.1 Å². The Kier molecular flexibility index (Phi) is 5.76. The van der Waals surface area contributed by atoms with Crippen LogP contribution in [0.1, 0.15) is 12.2 Å². The number of amides is 1. The Labute approximate surface area is 156 Å². The second-order valence-corrected chi connectivity index (χ2v) is 5.86. The number of anilines is 1. The van der Waals surface area contributed by atoms with E-state index >= 15 is 0 Å². The Morgan fingerprint density at radius 1 is 1.07 bits per heavy atom. The van der Waals surface area contributed by atoms with E-state index in [-0.39, 0.29) is 18.1 Å². The normalized spacial score (nSPS) is 10.5. The summed E-state index contributed by atoms with van der Waals surface area (Å²) in [4.78, 5) is 12.3. The van der Waals surface area contributed by atoms with Gasteiger partial charge in [0.05, 0.1) is 25.5 Å². The quantitative estimate of drug-likeness (QED) is 0.657. The Morgan fingerprint density at radius 2 is 1.89 bits per heavy atom. The predicted octanol–water partition coefficient (Wildman–Crippen LogP) is 4.67. The molecule has 0 saturated carbocycles. The number of methoxy groups -OCH3 is 2. The van der Waals surface area contributed by atoms with Crippen LogP contribution in [0.15, 0.2) is 59.0 Å². The van der Waals surface area contributed by atoms with Crippen LogP contribution in [0.3, 0.4) is 0 Å². The van der Waals surface area contributed by atoms with Gasteiger partial charge in [-0.15, -0.1) is 0 Å². The molecule has 27 heavy (non-hydrogen) atoms. The van der Waals surface area contributed by atoms with Crippen LogP contribution in [0.2, 0.25) is 0 Å². The molecule has 1 amide bonds. The van der Waals surface area contributed by atoms with E-state index in [0.717, 1.165) is 0 Å². The first-order valence-electron chi connectivity index (χ1n) is 8.46. The van der Waals surface area contributed by atoms with Gasteiger partial charge in [0, 0.05) is 18.9 Å². The minimum absolute atomic E-state index is 0.189. The zero-order valence-electron chi connectivity index (χ0n) is 15.1. The van der Waals surface area contributed by atoms with Crippen LogP contribution in [-0.4, -0.2) is 20.1 Å². The number of rotatable bonds is 7. The summed E-state index contributed by atoms with van der Waals surface area (Å²) in [5, 5.41) is 2.81. The van der Waals surface area contributed by atoms with Crippen molar-refractivity contribution in [2.45, 2.75) is 12.8 Å². The van der Waals surface area contributed by atoms with Crippen molar-refractivity contribution < 1.29 is 23.1 Å². The van der Waals surface area contributed by atoms with Crippen molar-refractivity contribution in [2.75, 3.05) is 19.5 Å². The molecule has 0 atom stereocenters. The van der Waals surface area contributed by atoms with Gasteiger partial charge in [-0.3, -0.25) is 4.79 Å². The van der Waals surface area contributed by atoms with E-state index in [9.17, 15) is 9.18 Å². The lowest BCUT2D eigenvalue weighted by Gasteiger charge is -2.11. The summed E-state index contributed by atoms with van der Waals surface area (Å²) < 4.78 is 29.9. The van der Waals surface area contributed by atoms with Gasteiger partial charge in [0.2, 0.25) is 5.91 Å². The molecule has 1 aromatic heterocycles. The number of aryl methyl sites for hydroxylation is 1. The van der Waals surface area contributed by atoms with Gasteiger partial charge in [-0.25, -0.2) is 4.39 Å². The molecule has 0 aliphatic carbocycles. The van der Waals surface area contributed by atoms with E-state index in [1.165, 1.54) is 13.2 Å². The molecule has 0 aliphatic heterocycles. The maximum atomic E-state index is 13.8. The Balaban J connectivity index is 1.63. The first-order chi connectivity index (χ1) is 13.1. The summed E-state index contributed by atoms with van der Waals surface area (Å²) in [6, 6.07) is 15.0. The summed E-state index contributed by atoms with van der Waals surface area (Å²) in [5.74, 6) is 1.68. The van der Waals surface area contributed by atoms with Crippen molar-refractivity contribution in [2.24, 2.45) is 0 Å². The Hall–Kier alpha value is -3.28. The van der Waals surface area contributed by atoms with Crippen molar-refractivity contribution in [3.8, 4) is 22.8 Å². The lowest BCUT2D eigenvalue weighted by atomic mass is 10.1. The molecule has 0 aliphatic rings. The van der Waals surface area contributed by atoms with E-state index in [1.807, 2.05) is 0 Å². The topological polar surface area (TPSA) is 60.7 Å². The van der Waals surface area contributed by atoms with E-state index in [1.54, 1.807) is 55.6 Å². The molecule has 2 aromatic carbocycles. The van der Waals surface area contributed by atoms with Gasteiger partial charge in [0.1, 0.15) is 28.8 Å². The van der Waals surface area contributed by atoms with E-state index < -0.39 is 0 Å². The van der Waals surface area contributed by atoms with Crippen molar-refractivity contribution in [3.05, 3.63) is 66.2 Å². The highest BCUT2D eigenvalue weighted by Gasteiger charge is 2.12. The molecule has 5 nitrogen and oxygen atoms in total. The maximum Gasteiger partial charge on any atom is 0.224 e. The fourth-order valence-corrected chi connectivity index (χ4v) is 2.68. The number of hydrogen-bond donors (Lipinski definition) is 1. The van der Waals surface area contributed by atoms with Gasteiger partial charge in [0.25, 0.3) is 0 Å². The fraction of sp³-hybridized carbons (Fsp3) is 0.190. The number of hydrogen-bond acceptors (Lipinski definition) is 4. The third kappa shape index (κ3) is 4.47. The van der Waals surface area contributed by atoms with Crippen LogP contribution in [0.5, 0.6) is 11.5 Å². The molecule has 0 fully saturated rings. The monoisotopic (exact) mass is 369 g/mol. The van der Waals surface area contributed by atoms with E-state index in [0.29, 0.717) is 40.7 Å². The number of halogens is 1. The van der Waals surface area contributed by atoms with Crippen LogP contribution in [0, 0.1) is 5.82 Å². The van der Waals surface area contributed by atoms with Crippen LogP contribution in [0.25, 0.3) is 11.3 Å². The summed E-state index contributed by atoms with van der Waals surface area (Å²) in [6.45, 7) is 0. The van der Waals surface area contributed by atoms with Crippen LogP contribution >= 0.6 is 0 Å². The molecule has 0 saturated heterocycles. The number of nitrogens with one attached hydrogen (secondary N) is 1. The molecule has 3 rings (SSSR count). The molecule has 0 bridgehead atoms. The lowest BCUT2D eigenvalue weighted by molar-refractivity contribution is -0.116. The van der Waals surface area contributed by atoms with Gasteiger partial charge in [-0.05, 0) is 36.4 Å². The van der Waals surface area contributed by atoms with E-state index in [4.69, 9.17) is 13.9 Å². The molecular weight excluding hydrogens is 349 g/mol. The molecule has 1 heterocycles. The lowest BCUT2D eigenvalue weighted by Crippen LogP contribution is -2.13. The number of carbonyl (C=O) groups is 1. The molecule has 3 aromatic rings. The molecule has 0 spiro atoms. The standard InChI is InChI=1S/C21H20FNO4/c1-25-15-8-11-20(26-2)18(13-15)23-21(24)12-9-14-7-10-19(27-14)16-5-3-4-6-17(16)22/h3-8,10-11,13H,9,12H2,1-2H3,(H,23,24). The molecule has 140 valence electrons. The van der Waals surface area contributed by atoms with Gasteiger partial charge < -0.3 is 19.2 Å². The second kappa shape index (κ2) is 8.40. The highest BCUT2D eigenvalue weighted by Crippen LogP contribution is 2.29. The third-order valence-corrected chi connectivity index (χ3v) is 4.08. The highest BCUT2D eigenvalue weighted by molar-refractivity contribution is 5.92. The van der Waals surface area contributed by atoms with Gasteiger partial charge in [-0.2, -0.15) is 0 Å². The predicted molar refractivity (Wildman–Crippen MR) is 101 cm³/mol. The average molecular weight is 369 g/mol. The molecular formula is C21H20FNO4. The zero-order chi connectivity index (χ0) is 19.2. The van der Waals surface area contributed by atoms with Gasteiger partial charge in [-0.1, -0.05) is 12.1 Å². The molecule has 0 radical (unpaired) electrons. The van der Waals surface area contributed by atoms with E-state index in [2.05, 4.69) is 5.32 Å². The second-order valence-electron chi connectivity index (χ2n) is 5.86. The smallest absolute Gasteiger partial charge is 0.224 e. The first-order valence-corrected chi connectivity index (χ1v) is 8.46. The Bertz CT molecular complexity index is 935. The van der Waals surface area contributed by atoms with Crippen LogP contribution in [-0.2, 0) is 11.2 Å². The number of benzene rings is 2. The zero-order valence-corrected chi connectivity index (χ0v) is 15.1. The molecule has 0 unspecified atom stereocenters. The van der Waals surface area contributed by atoms with Crippen molar-refractivity contribution in [3.63, 3.8) is 0 Å². The third-order valence-electron chi connectivity index (χ3n) is 4.08. The first kappa shape index (κ1) is 18.5. The van der Waals surface area contributed by atoms with Crippen LogP contribution < -0.4 is 14.8 Å². The molecule has 6 heteroatoms. The summed E-state index contributed by atoms with van der Waals surface area (Å²) in [7, 11) is 3.09. The van der Waals surface area contributed by atoms with Crippen molar-refractivity contribution in [1.82, 2.24) is 0 Å². The fourth-order valence-electron chi connectivity index (χ4n) is 2.68. The number of carbonyl (C=O) groups excluding carboxylic acids is 1. The Morgan fingerprint density at radius 3 is 2.63 bits per heavy atom. The maximum absolute atomic E-state index is 13.8. The SMILES string of the molecule is COc1ccc(OC)c(NC(=O)CCc2ccc(-c3ccccc3F)o2)c1. The average Bonchev–Trinajstić information content (AvgIpc) is 3.15. The van der Waals surface area contributed by atoms with Crippen molar-refractivity contribution >= 4 is 11.6 Å². The van der Waals surface area contributed by atoms with Crippen molar-refractivity contribution in [1.29, 1.82) is 0 Å². The largest absolute Gasteiger partial charge is 0.497 e. The summed E-state index contributed by atoms with van der Waals surface area (Å²) >= 11 is 0. The summed E-state index contributed by atoms with van der Waals surface area (Å²) in [6.07, 6.45) is 0.608. The highest BCUT2D eigenvalue weighted by atomic mass is 19.1. The summed E-state index contributed by atoms with van der Waals surface area (Å²) in [5.41, 5.74) is 0.933. The van der Waals surface area contributed by atoms with Gasteiger partial charge in [0.15, 0.2) is 0 Å². The number of furan rings is 1. The molecule has 1 N–H and O–H groups in total. The number of ether oxygens (including phenoxy) is 2.